The summed E-state index contributed by atoms with van der Waals surface area (Å²) in [7, 11) is 3.23. The Labute approximate surface area is 202 Å². The molecule has 1 fully saturated rings. The molecule has 178 valence electrons. The summed E-state index contributed by atoms with van der Waals surface area (Å²) in [5, 5.41) is 3.09. The standard InChI is InChI=1S/C29H34N2O3/c1-33-27-15-11-22(19-28(27)34-2)12-16-29(32)30-20-25-7-3-4-8-26(25)24-13-9-23(10-14-24)21-31-17-5-6-18-31/h3-4,7-11,13-15,19H,5-6,12,16-18,20-21H2,1-2H3,(H,30,32). The van der Waals surface area contributed by atoms with E-state index in [1.165, 1.54) is 37.1 Å². The van der Waals surface area contributed by atoms with E-state index in [1.54, 1.807) is 14.2 Å². The van der Waals surface area contributed by atoms with Crippen LogP contribution >= 0.6 is 0 Å². The van der Waals surface area contributed by atoms with Crippen LogP contribution in [0.2, 0.25) is 0 Å². The minimum absolute atomic E-state index is 0.0329. The number of nitrogens with zero attached hydrogens (tertiary/aromatic N) is 1. The lowest BCUT2D eigenvalue weighted by atomic mass is 9.98. The largest absolute Gasteiger partial charge is 0.493 e. The molecule has 0 aromatic heterocycles. The maximum Gasteiger partial charge on any atom is 0.220 e. The molecule has 0 atom stereocenters. The van der Waals surface area contributed by atoms with E-state index >= 15 is 0 Å². The molecular weight excluding hydrogens is 424 g/mol. The van der Waals surface area contributed by atoms with Crippen molar-refractivity contribution in [1.29, 1.82) is 0 Å². The fourth-order valence-electron chi connectivity index (χ4n) is 4.52. The van der Waals surface area contributed by atoms with Crippen molar-refractivity contribution in [2.75, 3.05) is 27.3 Å². The van der Waals surface area contributed by atoms with Crippen molar-refractivity contribution in [1.82, 2.24) is 10.2 Å². The van der Waals surface area contributed by atoms with Crippen LogP contribution in [0.15, 0.2) is 66.7 Å². The van der Waals surface area contributed by atoms with E-state index in [4.69, 9.17) is 9.47 Å². The number of carbonyl (C=O) groups is 1. The molecule has 0 saturated carbocycles. The van der Waals surface area contributed by atoms with Crippen LogP contribution in [0.5, 0.6) is 11.5 Å². The van der Waals surface area contributed by atoms with Gasteiger partial charge >= 0.3 is 0 Å². The second-order valence-electron chi connectivity index (χ2n) is 8.80. The van der Waals surface area contributed by atoms with Crippen LogP contribution in [0, 0.1) is 0 Å². The molecule has 1 saturated heterocycles. The van der Waals surface area contributed by atoms with E-state index < -0.39 is 0 Å². The Bertz CT molecular complexity index is 1090. The summed E-state index contributed by atoms with van der Waals surface area (Å²) in [6, 6.07) is 22.9. The number of hydrogen-bond donors (Lipinski definition) is 1. The molecule has 3 aromatic carbocycles. The first-order valence-electron chi connectivity index (χ1n) is 12.0. The first-order chi connectivity index (χ1) is 16.7. The summed E-state index contributed by atoms with van der Waals surface area (Å²) in [5.41, 5.74) is 5.86. The van der Waals surface area contributed by atoms with Gasteiger partial charge in [0, 0.05) is 19.5 Å². The highest BCUT2D eigenvalue weighted by Crippen LogP contribution is 2.28. The van der Waals surface area contributed by atoms with E-state index in [0.29, 0.717) is 30.9 Å². The summed E-state index contributed by atoms with van der Waals surface area (Å²) in [6.07, 6.45) is 3.69. The number of amides is 1. The smallest absolute Gasteiger partial charge is 0.220 e. The second kappa shape index (κ2) is 11.7. The summed E-state index contributed by atoms with van der Waals surface area (Å²) < 4.78 is 10.6. The van der Waals surface area contributed by atoms with E-state index in [2.05, 4.69) is 52.7 Å². The van der Waals surface area contributed by atoms with Crippen molar-refractivity contribution in [3.63, 3.8) is 0 Å². The molecule has 0 unspecified atom stereocenters. The fourth-order valence-corrected chi connectivity index (χ4v) is 4.52. The molecule has 0 spiro atoms. The van der Waals surface area contributed by atoms with Gasteiger partial charge in [0.05, 0.1) is 14.2 Å². The number of methoxy groups -OCH3 is 2. The Hall–Kier alpha value is -3.31. The molecule has 3 aromatic rings. The Kier molecular flexibility index (Phi) is 8.21. The molecule has 0 aliphatic carbocycles. The highest BCUT2D eigenvalue weighted by molar-refractivity contribution is 5.77. The Morgan fingerprint density at radius 1 is 0.882 bits per heavy atom. The molecule has 4 rings (SSSR count). The summed E-state index contributed by atoms with van der Waals surface area (Å²) in [6.45, 7) is 3.95. The average Bonchev–Trinajstić information content (AvgIpc) is 3.39. The average molecular weight is 459 g/mol. The maximum absolute atomic E-state index is 12.6. The number of hydrogen-bond acceptors (Lipinski definition) is 4. The van der Waals surface area contributed by atoms with Gasteiger partial charge in [-0.2, -0.15) is 0 Å². The highest BCUT2D eigenvalue weighted by atomic mass is 16.5. The molecule has 34 heavy (non-hydrogen) atoms. The number of benzene rings is 3. The first kappa shape index (κ1) is 23.8. The lowest BCUT2D eigenvalue weighted by Crippen LogP contribution is -2.23. The molecule has 1 heterocycles. The summed E-state index contributed by atoms with van der Waals surface area (Å²) >= 11 is 0. The normalized spacial score (nSPS) is 13.6. The summed E-state index contributed by atoms with van der Waals surface area (Å²) in [5.74, 6) is 1.41. The molecule has 5 heteroatoms. The van der Waals surface area contributed by atoms with Gasteiger partial charge in [-0.15, -0.1) is 0 Å². The van der Waals surface area contributed by atoms with Crippen LogP contribution in [0.3, 0.4) is 0 Å². The minimum atomic E-state index is 0.0329. The van der Waals surface area contributed by atoms with Gasteiger partial charge in [0.15, 0.2) is 11.5 Å². The summed E-state index contributed by atoms with van der Waals surface area (Å²) in [4.78, 5) is 15.1. The molecular formula is C29H34N2O3. The molecule has 0 bridgehead atoms. The Morgan fingerprint density at radius 3 is 2.32 bits per heavy atom. The second-order valence-corrected chi connectivity index (χ2v) is 8.80. The highest BCUT2D eigenvalue weighted by Gasteiger charge is 2.12. The van der Waals surface area contributed by atoms with E-state index in [-0.39, 0.29) is 5.91 Å². The predicted octanol–water partition coefficient (Wildman–Crippen LogP) is 5.22. The van der Waals surface area contributed by atoms with Crippen LogP contribution in [0.25, 0.3) is 11.1 Å². The quantitative estimate of drug-likeness (QED) is 0.453. The third kappa shape index (κ3) is 6.17. The molecule has 5 nitrogen and oxygen atoms in total. The van der Waals surface area contributed by atoms with Crippen molar-refractivity contribution in [2.45, 2.75) is 38.8 Å². The van der Waals surface area contributed by atoms with Crippen LogP contribution in [-0.4, -0.2) is 38.1 Å². The third-order valence-corrected chi connectivity index (χ3v) is 6.45. The zero-order valence-electron chi connectivity index (χ0n) is 20.2. The third-order valence-electron chi connectivity index (χ3n) is 6.45. The number of ether oxygens (including phenoxy) is 2. The lowest BCUT2D eigenvalue weighted by Gasteiger charge is -2.15. The van der Waals surface area contributed by atoms with Gasteiger partial charge in [-0.1, -0.05) is 54.6 Å². The minimum Gasteiger partial charge on any atom is -0.493 e. The fraction of sp³-hybridized carbons (Fsp3) is 0.345. The molecule has 0 radical (unpaired) electrons. The van der Waals surface area contributed by atoms with Crippen LogP contribution in [-0.2, 0) is 24.3 Å². The predicted molar refractivity (Wildman–Crippen MR) is 136 cm³/mol. The van der Waals surface area contributed by atoms with Gasteiger partial charge in [0.2, 0.25) is 5.91 Å². The molecule has 1 aliphatic rings. The molecule has 1 amide bonds. The zero-order chi connectivity index (χ0) is 23.8. The van der Waals surface area contributed by atoms with Crippen molar-refractivity contribution < 1.29 is 14.3 Å². The van der Waals surface area contributed by atoms with Crippen LogP contribution < -0.4 is 14.8 Å². The van der Waals surface area contributed by atoms with Gasteiger partial charge in [-0.3, -0.25) is 9.69 Å². The van der Waals surface area contributed by atoms with Gasteiger partial charge in [-0.05, 0) is 72.3 Å². The SMILES string of the molecule is COc1ccc(CCC(=O)NCc2ccccc2-c2ccc(CN3CCCC3)cc2)cc1OC. The van der Waals surface area contributed by atoms with Crippen molar-refractivity contribution in [3.05, 3.63) is 83.4 Å². The Balaban J connectivity index is 1.33. The molecule has 1 aliphatic heterocycles. The number of nitrogens with one attached hydrogen (secondary N) is 1. The monoisotopic (exact) mass is 458 g/mol. The van der Waals surface area contributed by atoms with Crippen LogP contribution in [0.4, 0.5) is 0 Å². The topological polar surface area (TPSA) is 50.8 Å². The lowest BCUT2D eigenvalue weighted by molar-refractivity contribution is -0.121. The number of likely N-dealkylation sites (tertiary alicyclic amines) is 1. The van der Waals surface area contributed by atoms with Gasteiger partial charge < -0.3 is 14.8 Å². The van der Waals surface area contributed by atoms with Gasteiger partial charge in [-0.25, -0.2) is 0 Å². The van der Waals surface area contributed by atoms with E-state index in [1.807, 2.05) is 24.3 Å². The van der Waals surface area contributed by atoms with Crippen molar-refractivity contribution in [2.24, 2.45) is 0 Å². The zero-order valence-corrected chi connectivity index (χ0v) is 20.2. The Morgan fingerprint density at radius 2 is 1.59 bits per heavy atom. The van der Waals surface area contributed by atoms with Gasteiger partial charge in [0.25, 0.3) is 0 Å². The van der Waals surface area contributed by atoms with E-state index in [9.17, 15) is 4.79 Å². The number of rotatable bonds is 10. The van der Waals surface area contributed by atoms with E-state index in [0.717, 1.165) is 23.2 Å². The molecule has 1 N–H and O–H groups in total. The first-order valence-corrected chi connectivity index (χ1v) is 12.0. The van der Waals surface area contributed by atoms with Crippen LogP contribution in [0.1, 0.15) is 36.0 Å². The number of aryl methyl sites for hydroxylation is 1. The van der Waals surface area contributed by atoms with Crippen molar-refractivity contribution >= 4 is 5.91 Å². The van der Waals surface area contributed by atoms with Gasteiger partial charge in [0.1, 0.15) is 0 Å². The van der Waals surface area contributed by atoms with Crippen molar-refractivity contribution in [3.8, 4) is 22.6 Å². The maximum atomic E-state index is 12.6. The number of carbonyl (C=O) groups excluding carboxylic acids is 1.